The molecular formula is C16H16N6O2S. The molecule has 0 unspecified atom stereocenters. The number of aromatic amines is 1. The van der Waals surface area contributed by atoms with Crippen LogP contribution in [0.3, 0.4) is 0 Å². The van der Waals surface area contributed by atoms with Gasteiger partial charge in [0.05, 0.1) is 10.6 Å². The van der Waals surface area contributed by atoms with E-state index in [2.05, 4.69) is 25.9 Å². The highest BCUT2D eigenvalue weighted by Gasteiger charge is 2.29. The number of aryl methyl sites for hydroxylation is 1. The van der Waals surface area contributed by atoms with Crippen LogP contribution in [-0.2, 0) is 18.3 Å². The molecule has 3 aromatic rings. The first-order valence-electron chi connectivity index (χ1n) is 7.80. The van der Waals surface area contributed by atoms with Gasteiger partial charge in [0.25, 0.3) is 5.91 Å². The van der Waals surface area contributed by atoms with Crippen LogP contribution in [0.5, 0.6) is 0 Å². The Morgan fingerprint density at radius 2 is 2.32 bits per heavy atom. The first-order chi connectivity index (χ1) is 12.0. The number of carbonyl (C=O) groups is 2. The summed E-state index contributed by atoms with van der Waals surface area (Å²) < 4.78 is 1.57. The summed E-state index contributed by atoms with van der Waals surface area (Å²) in [4.78, 5) is 25.3. The number of rotatable bonds is 3. The van der Waals surface area contributed by atoms with Crippen LogP contribution in [-0.4, -0.2) is 31.8 Å². The summed E-state index contributed by atoms with van der Waals surface area (Å²) in [6, 6.07) is 5.61. The maximum Gasteiger partial charge on any atom is 0.277 e. The van der Waals surface area contributed by atoms with Gasteiger partial charge in [-0.25, -0.2) is 0 Å². The number of thiophene rings is 1. The normalized spacial score (nSPS) is 16.4. The molecule has 2 amide bonds. The van der Waals surface area contributed by atoms with Crippen molar-refractivity contribution in [1.82, 2.24) is 20.0 Å². The fourth-order valence-electron chi connectivity index (χ4n) is 2.82. The fourth-order valence-corrected chi connectivity index (χ4v) is 3.52. The van der Waals surface area contributed by atoms with E-state index in [1.165, 1.54) is 0 Å². The van der Waals surface area contributed by atoms with Crippen LogP contribution in [0.2, 0.25) is 0 Å². The van der Waals surface area contributed by atoms with Gasteiger partial charge in [0.15, 0.2) is 11.5 Å². The molecule has 1 atom stereocenters. The number of hydrogen-bond acceptors (Lipinski definition) is 5. The van der Waals surface area contributed by atoms with Gasteiger partial charge in [0, 0.05) is 18.5 Å². The zero-order valence-electron chi connectivity index (χ0n) is 13.7. The lowest BCUT2D eigenvalue weighted by Crippen LogP contribution is -2.28. The molecule has 128 valence electrons. The quantitative estimate of drug-likeness (QED) is 0.669. The minimum absolute atomic E-state index is 0.0405. The monoisotopic (exact) mass is 356 g/mol. The molecule has 0 aromatic carbocycles. The summed E-state index contributed by atoms with van der Waals surface area (Å²) in [5.74, 6) is 0.531. The minimum Gasteiger partial charge on any atom is -0.310 e. The zero-order chi connectivity index (χ0) is 17.6. The Labute approximate surface area is 147 Å². The maximum atomic E-state index is 12.5. The SMILES string of the molecule is C[C@H]1Cc2c(NC(=O)c3cc(-c4cccs4)[nH]n3)nn(C)c2NC1=O. The standard InChI is InChI=1S/C16H16N6O2S/c1-8-6-9-13(21-22(2)14(9)18-15(8)23)17-16(24)11-7-10(19-20-11)12-4-3-5-25-12/h3-5,7-8H,6H2,1-2H3,(H,18,23)(H,19,20)(H,17,21,24)/t8-/m0/s1. The van der Waals surface area contributed by atoms with Gasteiger partial charge in [-0.2, -0.15) is 10.2 Å². The summed E-state index contributed by atoms with van der Waals surface area (Å²) >= 11 is 1.57. The number of amides is 2. The largest absolute Gasteiger partial charge is 0.310 e. The Bertz CT molecular complexity index is 956. The van der Waals surface area contributed by atoms with Crippen molar-refractivity contribution in [3.8, 4) is 10.6 Å². The number of fused-ring (bicyclic) bond motifs is 1. The van der Waals surface area contributed by atoms with Crippen LogP contribution in [0.1, 0.15) is 23.0 Å². The molecule has 8 nitrogen and oxygen atoms in total. The number of hydrogen-bond donors (Lipinski definition) is 3. The summed E-state index contributed by atoms with van der Waals surface area (Å²) in [5.41, 5.74) is 1.91. The minimum atomic E-state index is -0.343. The van der Waals surface area contributed by atoms with Crippen molar-refractivity contribution in [2.75, 3.05) is 10.6 Å². The van der Waals surface area contributed by atoms with Crippen molar-refractivity contribution in [3.05, 3.63) is 34.8 Å². The highest BCUT2D eigenvalue weighted by atomic mass is 32.1. The van der Waals surface area contributed by atoms with E-state index < -0.39 is 0 Å². The summed E-state index contributed by atoms with van der Waals surface area (Å²) in [5, 5.41) is 18.9. The van der Waals surface area contributed by atoms with Crippen LogP contribution >= 0.6 is 11.3 Å². The third-order valence-electron chi connectivity index (χ3n) is 4.17. The van der Waals surface area contributed by atoms with E-state index >= 15 is 0 Å². The molecule has 0 saturated carbocycles. The predicted octanol–water partition coefficient (Wildman–Crippen LogP) is 2.25. The van der Waals surface area contributed by atoms with E-state index in [1.807, 2.05) is 24.4 Å². The Morgan fingerprint density at radius 3 is 3.08 bits per heavy atom. The molecule has 3 N–H and O–H groups in total. The summed E-state index contributed by atoms with van der Waals surface area (Å²) in [7, 11) is 1.73. The number of H-pyrrole nitrogens is 1. The zero-order valence-corrected chi connectivity index (χ0v) is 14.5. The van der Waals surface area contributed by atoms with Gasteiger partial charge < -0.3 is 10.6 Å². The van der Waals surface area contributed by atoms with Crippen molar-refractivity contribution >= 4 is 34.8 Å². The molecule has 0 radical (unpaired) electrons. The first-order valence-corrected chi connectivity index (χ1v) is 8.68. The lowest BCUT2D eigenvalue weighted by atomic mass is 9.98. The van der Waals surface area contributed by atoms with Gasteiger partial charge in [-0.05, 0) is 23.9 Å². The topological polar surface area (TPSA) is 105 Å². The Balaban J connectivity index is 1.58. The molecule has 0 aliphatic carbocycles. The Kier molecular flexibility index (Phi) is 3.65. The van der Waals surface area contributed by atoms with Crippen LogP contribution in [0.4, 0.5) is 11.6 Å². The van der Waals surface area contributed by atoms with Crippen molar-refractivity contribution in [2.24, 2.45) is 13.0 Å². The van der Waals surface area contributed by atoms with Crippen molar-refractivity contribution < 1.29 is 9.59 Å². The maximum absolute atomic E-state index is 12.5. The number of aromatic nitrogens is 4. The molecule has 4 heterocycles. The molecule has 4 rings (SSSR count). The molecule has 1 aliphatic rings. The lowest BCUT2D eigenvalue weighted by Gasteiger charge is -2.19. The summed E-state index contributed by atoms with van der Waals surface area (Å²) in [6.07, 6.45) is 0.533. The van der Waals surface area contributed by atoms with Gasteiger partial charge in [0.2, 0.25) is 5.91 Å². The number of nitrogens with zero attached hydrogens (tertiary/aromatic N) is 3. The Hall–Kier alpha value is -2.94. The second-order valence-electron chi connectivity index (χ2n) is 5.99. The molecule has 9 heteroatoms. The van der Waals surface area contributed by atoms with Crippen LogP contribution in [0.15, 0.2) is 23.6 Å². The van der Waals surface area contributed by atoms with Crippen LogP contribution in [0, 0.1) is 5.92 Å². The highest BCUT2D eigenvalue weighted by molar-refractivity contribution is 7.13. The van der Waals surface area contributed by atoms with Crippen LogP contribution in [0.25, 0.3) is 10.6 Å². The average Bonchev–Trinajstić information content (AvgIpc) is 3.30. The van der Waals surface area contributed by atoms with Crippen molar-refractivity contribution in [1.29, 1.82) is 0 Å². The van der Waals surface area contributed by atoms with Crippen molar-refractivity contribution in [2.45, 2.75) is 13.3 Å². The number of anilines is 2. The van der Waals surface area contributed by atoms with E-state index in [4.69, 9.17) is 0 Å². The highest BCUT2D eigenvalue weighted by Crippen LogP contribution is 2.31. The third-order valence-corrected chi connectivity index (χ3v) is 5.08. The third kappa shape index (κ3) is 2.72. The van der Waals surface area contributed by atoms with E-state index in [9.17, 15) is 9.59 Å². The molecule has 25 heavy (non-hydrogen) atoms. The van der Waals surface area contributed by atoms with Gasteiger partial charge >= 0.3 is 0 Å². The van der Waals surface area contributed by atoms with E-state index in [-0.39, 0.29) is 23.4 Å². The van der Waals surface area contributed by atoms with E-state index in [1.54, 1.807) is 29.1 Å². The second-order valence-corrected chi connectivity index (χ2v) is 6.94. The molecule has 0 fully saturated rings. The van der Waals surface area contributed by atoms with Gasteiger partial charge in [0.1, 0.15) is 5.82 Å². The molecule has 1 aliphatic heterocycles. The van der Waals surface area contributed by atoms with Gasteiger partial charge in [-0.1, -0.05) is 13.0 Å². The summed E-state index contributed by atoms with van der Waals surface area (Å²) in [6.45, 7) is 1.85. The number of carbonyl (C=O) groups excluding carboxylic acids is 2. The first kappa shape index (κ1) is 15.6. The molecule has 0 bridgehead atoms. The van der Waals surface area contributed by atoms with Crippen LogP contribution < -0.4 is 10.6 Å². The fraction of sp³-hybridized carbons (Fsp3) is 0.250. The van der Waals surface area contributed by atoms with Gasteiger partial charge in [-0.15, -0.1) is 11.3 Å². The Morgan fingerprint density at radius 1 is 1.48 bits per heavy atom. The van der Waals surface area contributed by atoms with E-state index in [0.717, 1.165) is 16.1 Å². The molecular weight excluding hydrogens is 340 g/mol. The van der Waals surface area contributed by atoms with Crippen molar-refractivity contribution in [3.63, 3.8) is 0 Å². The second kappa shape index (κ2) is 5.85. The number of nitrogens with one attached hydrogen (secondary N) is 3. The van der Waals surface area contributed by atoms with E-state index in [0.29, 0.717) is 18.1 Å². The molecule has 3 aromatic heterocycles. The van der Waals surface area contributed by atoms with Gasteiger partial charge in [-0.3, -0.25) is 19.4 Å². The lowest BCUT2D eigenvalue weighted by molar-refractivity contribution is -0.119. The smallest absolute Gasteiger partial charge is 0.277 e. The predicted molar refractivity (Wildman–Crippen MR) is 94.6 cm³/mol. The molecule has 0 spiro atoms. The molecule has 0 saturated heterocycles. The average molecular weight is 356 g/mol.